The minimum atomic E-state index is -1.24. The number of carboxylic acid groups (broad SMARTS) is 1. The second-order valence-corrected chi connectivity index (χ2v) is 8.27. The molecule has 0 aliphatic heterocycles. The van der Waals surface area contributed by atoms with Crippen molar-refractivity contribution >= 4 is 34.6 Å². The van der Waals surface area contributed by atoms with Gasteiger partial charge in [-0.1, -0.05) is 32.0 Å². The van der Waals surface area contributed by atoms with Gasteiger partial charge in [-0.05, 0) is 30.4 Å². The number of H-pyrrole nitrogens is 1. The van der Waals surface area contributed by atoms with Gasteiger partial charge in [0.25, 0.3) is 0 Å². The summed E-state index contributed by atoms with van der Waals surface area (Å²) in [5.74, 6) is -2.96. The zero-order chi connectivity index (χ0) is 23.8. The third-order valence-electron chi connectivity index (χ3n) is 5.09. The van der Waals surface area contributed by atoms with Crippen LogP contribution in [-0.4, -0.2) is 51.9 Å². The van der Waals surface area contributed by atoms with Gasteiger partial charge in [0, 0.05) is 29.9 Å². The zero-order valence-electron chi connectivity index (χ0n) is 18.3. The zero-order valence-corrected chi connectivity index (χ0v) is 18.3. The highest BCUT2D eigenvalue weighted by molar-refractivity contribution is 5.92. The lowest BCUT2D eigenvalue weighted by molar-refractivity contribution is -0.142. The summed E-state index contributed by atoms with van der Waals surface area (Å²) in [6, 6.07) is 4.20. The summed E-state index contributed by atoms with van der Waals surface area (Å²) in [4.78, 5) is 51.4. The van der Waals surface area contributed by atoms with Gasteiger partial charge < -0.3 is 32.2 Å². The molecule has 1 heterocycles. The molecule has 0 aliphatic carbocycles. The summed E-state index contributed by atoms with van der Waals surface area (Å²) < 4.78 is 0. The number of carbonyl (C=O) groups is 4. The summed E-state index contributed by atoms with van der Waals surface area (Å²) in [5, 5.41) is 15.5. The molecule has 3 unspecified atom stereocenters. The van der Waals surface area contributed by atoms with E-state index in [0.29, 0.717) is 6.42 Å². The summed E-state index contributed by atoms with van der Waals surface area (Å²) in [6.07, 6.45) is 1.92. The molecular weight excluding hydrogens is 414 g/mol. The summed E-state index contributed by atoms with van der Waals surface area (Å²) in [5.41, 5.74) is 12.6. The predicted octanol–water partition coefficient (Wildman–Crippen LogP) is 0.404. The molecule has 0 saturated carbocycles. The van der Waals surface area contributed by atoms with Crippen LogP contribution < -0.4 is 22.1 Å². The summed E-state index contributed by atoms with van der Waals surface area (Å²) in [7, 11) is 0. The van der Waals surface area contributed by atoms with Crippen LogP contribution in [0, 0.1) is 5.92 Å². The fourth-order valence-corrected chi connectivity index (χ4v) is 3.44. The number of aromatic amines is 1. The average molecular weight is 446 g/mol. The van der Waals surface area contributed by atoms with Gasteiger partial charge in [0.05, 0.1) is 6.04 Å². The van der Waals surface area contributed by atoms with E-state index in [4.69, 9.17) is 11.5 Å². The Balaban J connectivity index is 2.13. The van der Waals surface area contributed by atoms with Gasteiger partial charge in [-0.25, -0.2) is 4.79 Å². The SMILES string of the molecule is CC(C)CC(N)C(=O)NC(CCC(N)=O)C(=O)NC(Cc1c[nH]c2ccccc12)C(=O)O. The van der Waals surface area contributed by atoms with Gasteiger partial charge in [-0.2, -0.15) is 0 Å². The number of hydrogen-bond donors (Lipinski definition) is 6. The normalized spacial score (nSPS) is 14.0. The number of benzene rings is 1. The van der Waals surface area contributed by atoms with E-state index in [9.17, 15) is 24.3 Å². The maximum absolute atomic E-state index is 12.9. The number of para-hydroxylation sites is 1. The van der Waals surface area contributed by atoms with Crippen LogP contribution in [-0.2, 0) is 25.6 Å². The van der Waals surface area contributed by atoms with Crippen molar-refractivity contribution in [2.75, 3.05) is 0 Å². The fourth-order valence-electron chi connectivity index (χ4n) is 3.44. The predicted molar refractivity (Wildman–Crippen MR) is 119 cm³/mol. The highest BCUT2D eigenvalue weighted by atomic mass is 16.4. The molecule has 3 amide bonds. The van der Waals surface area contributed by atoms with Crippen LogP contribution in [0.5, 0.6) is 0 Å². The van der Waals surface area contributed by atoms with Crippen molar-refractivity contribution in [3.63, 3.8) is 0 Å². The van der Waals surface area contributed by atoms with Gasteiger partial charge in [0.1, 0.15) is 12.1 Å². The van der Waals surface area contributed by atoms with E-state index >= 15 is 0 Å². The highest BCUT2D eigenvalue weighted by Gasteiger charge is 2.29. The number of primary amides is 1. The van der Waals surface area contributed by atoms with Crippen LogP contribution in [0.25, 0.3) is 10.9 Å². The topological polar surface area (TPSA) is 180 Å². The van der Waals surface area contributed by atoms with Crippen LogP contribution in [0.2, 0.25) is 0 Å². The first kappa shape index (κ1) is 24.9. The van der Waals surface area contributed by atoms with E-state index < -0.39 is 41.8 Å². The molecule has 0 saturated heterocycles. The molecule has 174 valence electrons. The van der Waals surface area contributed by atoms with E-state index in [0.717, 1.165) is 16.5 Å². The minimum absolute atomic E-state index is 0.0361. The van der Waals surface area contributed by atoms with Crippen LogP contribution in [0.15, 0.2) is 30.5 Å². The Hall–Kier alpha value is -3.40. The number of rotatable bonds is 12. The lowest BCUT2D eigenvalue weighted by Gasteiger charge is -2.23. The number of nitrogens with two attached hydrogens (primary N) is 2. The number of amides is 3. The van der Waals surface area contributed by atoms with E-state index in [1.165, 1.54) is 0 Å². The molecule has 3 atom stereocenters. The molecule has 0 aliphatic rings. The summed E-state index contributed by atoms with van der Waals surface area (Å²) in [6.45, 7) is 3.82. The molecule has 0 fully saturated rings. The number of carbonyl (C=O) groups excluding carboxylic acids is 3. The molecule has 1 aromatic carbocycles. The largest absolute Gasteiger partial charge is 0.480 e. The number of fused-ring (bicyclic) bond motifs is 1. The van der Waals surface area contributed by atoms with Gasteiger partial charge in [-0.3, -0.25) is 14.4 Å². The van der Waals surface area contributed by atoms with Crippen molar-refractivity contribution in [2.24, 2.45) is 17.4 Å². The van der Waals surface area contributed by atoms with E-state index in [1.54, 1.807) is 6.20 Å². The van der Waals surface area contributed by atoms with Crippen molar-refractivity contribution in [1.29, 1.82) is 0 Å². The Labute approximate surface area is 186 Å². The van der Waals surface area contributed by atoms with Crippen LogP contribution in [0.4, 0.5) is 0 Å². The second kappa shape index (κ2) is 11.3. The molecule has 0 spiro atoms. The van der Waals surface area contributed by atoms with Gasteiger partial charge in [-0.15, -0.1) is 0 Å². The number of hydrogen-bond acceptors (Lipinski definition) is 5. The maximum atomic E-state index is 12.9. The third-order valence-corrected chi connectivity index (χ3v) is 5.09. The van der Waals surface area contributed by atoms with Gasteiger partial charge in [0.2, 0.25) is 17.7 Å². The molecule has 10 nitrogen and oxygen atoms in total. The Bertz CT molecular complexity index is 971. The molecule has 0 radical (unpaired) electrons. The first-order chi connectivity index (χ1) is 15.1. The molecule has 10 heteroatoms. The number of carboxylic acids is 1. The van der Waals surface area contributed by atoms with Crippen molar-refractivity contribution < 1.29 is 24.3 Å². The van der Waals surface area contributed by atoms with E-state index in [-0.39, 0.29) is 25.2 Å². The number of nitrogens with one attached hydrogen (secondary N) is 3. The van der Waals surface area contributed by atoms with Crippen LogP contribution in [0.3, 0.4) is 0 Å². The number of aliphatic carboxylic acids is 1. The summed E-state index contributed by atoms with van der Waals surface area (Å²) >= 11 is 0. The minimum Gasteiger partial charge on any atom is -0.480 e. The molecular formula is C22H31N5O5. The molecule has 1 aromatic heterocycles. The Morgan fingerprint density at radius 1 is 1.06 bits per heavy atom. The Morgan fingerprint density at radius 2 is 1.72 bits per heavy atom. The molecule has 32 heavy (non-hydrogen) atoms. The first-order valence-corrected chi connectivity index (χ1v) is 10.5. The van der Waals surface area contributed by atoms with Crippen molar-refractivity contribution in [3.05, 3.63) is 36.0 Å². The smallest absolute Gasteiger partial charge is 0.326 e. The monoisotopic (exact) mass is 445 g/mol. The van der Waals surface area contributed by atoms with Crippen molar-refractivity contribution in [1.82, 2.24) is 15.6 Å². The molecule has 0 bridgehead atoms. The van der Waals surface area contributed by atoms with Crippen molar-refractivity contribution in [2.45, 2.75) is 57.7 Å². The third kappa shape index (κ3) is 7.09. The van der Waals surface area contributed by atoms with Crippen molar-refractivity contribution in [3.8, 4) is 0 Å². The van der Waals surface area contributed by atoms with E-state index in [2.05, 4.69) is 15.6 Å². The first-order valence-electron chi connectivity index (χ1n) is 10.5. The van der Waals surface area contributed by atoms with Crippen LogP contribution in [0.1, 0.15) is 38.7 Å². The second-order valence-electron chi connectivity index (χ2n) is 8.27. The highest BCUT2D eigenvalue weighted by Crippen LogP contribution is 2.19. The lowest BCUT2D eigenvalue weighted by atomic mass is 10.0. The number of aromatic nitrogens is 1. The van der Waals surface area contributed by atoms with Gasteiger partial charge in [0.15, 0.2) is 0 Å². The Kier molecular flexibility index (Phi) is 8.77. The van der Waals surface area contributed by atoms with Gasteiger partial charge >= 0.3 is 5.97 Å². The quantitative estimate of drug-likeness (QED) is 0.275. The lowest BCUT2D eigenvalue weighted by Crippen LogP contribution is -2.55. The molecule has 2 aromatic rings. The molecule has 8 N–H and O–H groups in total. The molecule has 2 rings (SSSR count). The fraction of sp³-hybridized carbons (Fsp3) is 0.455. The van der Waals surface area contributed by atoms with Crippen LogP contribution >= 0.6 is 0 Å². The van der Waals surface area contributed by atoms with E-state index in [1.807, 2.05) is 38.1 Å². The average Bonchev–Trinajstić information content (AvgIpc) is 3.12. The Morgan fingerprint density at radius 3 is 2.34 bits per heavy atom. The standard InChI is InChI=1S/C22H31N5O5/c1-12(2)9-15(23)20(29)26-17(7-8-19(24)28)21(30)27-18(22(31)32)10-13-11-25-16-6-4-3-5-14(13)16/h3-6,11-12,15,17-18,25H,7-10,23H2,1-2H3,(H2,24,28)(H,26,29)(H,27,30)(H,31,32). The maximum Gasteiger partial charge on any atom is 0.326 e.